The maximum Gasteiger partial charge on any atom is 0.185 e. The van der Waals surface area contributed by atoms with Gasteiger partial charge in [-0.1, -0.05) is 6.92 Å². The maximum atomic E-state index is 11.5. The van der Waals surface area contributed by atoms with Crippen molar-refractivity contribution < 1.29 is 4.79 Å². The summed E-state index contributed by atoms with van der Waals surface area (Å²) < 4.78 is 0. The molecule has 0 N–H and O–H groups in total. The lowest BCUT2D eigenvalue weighted by Gasteiger charge is -1.98. The largest absolute Gasteiger partial charge is 0.292 e. The van der Waals surface area contributed by atoms with Crippen LogP contribution in [-0.4, -0.2) is 15.8 Å². The van der Waals surface area contributed by atoms with Crippen LogP contribution in [-0.2, 0) is 6.42 Å². The Labute approximate surface area is 77.2 Å². The van der Waals surface area contributed by atoms with Gasteiger partial charge in [0.2, 0.25) is 0 Å². The highest BCUT2D eigenvalue weighted by molar-refractivity contribution is 5.97. The first-order valence-corrected chi connectivity index (χ1v) is 4.66. The van der Waals surface area contributed by atoms with Crippen LogP contribution in [0.2, 0.25) is 0 Å². The summed E-state index contributed by atoms with van der Waals surface area (Å²) >= 11 is 0. The van der Waals surface area contributed by atoms with Crippen LogP contribution in [0.5, 0.6) is 0 Å². The number of carbonyl (C=O) groups excluding carboxylic acids is 1. The molecule has 0 spiro atoms. The quantitative estimate of drug-likeness (QED) is 0.657. The Morgan fingerprint density at radius 3 is 2.69 bits per heavy atom. The molecule has 0 radical (unpaired) electrons. The van der Waals surface area contributed by atoms with Gasteiger partial charge in [-0.2, -0.15) is 0 Å². The predicted molar refractivity (Wildman–Crippen MR) is 48.5 cm³/mol. The van der Waals surface area contributed by atoms with Gasteiger partial charge in [0, 0.05) is 12.1 Å². The molecule has 0 aromatic carbocycles. The summed E-state index contributed by atoms with van der Waals surface area (Å²) in [6.45, 7) is 2.02. The molecule has 1 aliphatic rings. The van der Waals surface area contributed by atoms with E-state index in [1.165, 1.54) is 0 Å². The van der Waals surface area contributed by atoms with E-state index in [0.29, 0.717) is 5.69 Å². The molecule has 0 amide bonds. The van der Waals surface area contributed by atoms with E-state index in [4.69, 9.17) is 0 Å². The van der Waals surface area contributed by atoms with Crippen molar-refractivity contribution in [2.75, 3.05) is 0 Å². The van der Waals surface area contributed by atoms with Gasteiger partial charge in [0.05, 0.1) is 11.9 Å². The van der Waals surface area contributed by atoms with E-state index in [0.717, 1.165) is 25.0 Å². The minimum absolute atomic E-state index is 0.162. The number of aryl methyl sites for hydroxylation is 1. The number of aromatic nitrogens is 2. The molecule has 1 fully saturated rings. The maximum absolute atomic E-state index is 11.5. The molecule has 2 rings (SSSR count). The highest BCUT2D eigenvalue weighted by atomic mass is 16.1. The molecule has 0 atom stereocenters. The molecular formula is C10H12N2O. The van der Waals surface area contributed by atoms with Crippen molar-refractivity contribution in [3.8, 4) is 0 Å². The zero-order chi connectivity index (χ0) is 9.26. The van der Waals surface area contributed by atoms with E-state index in [1.54, 1.807) is 12.4 Å². The van der Waals surface area contributed by atoms with Crippen molar-refractivity contribution in [3.63, 3.8) is 0 Å². The standard InChI is InChI=1S/C10H12N2O/c1-2-8-5-12-9(6-11-8)10(13)7-3-4-7/h5-7H,2-4H2,1H3. The van der Waals surface area contributed by atoms with Crippen molar-refractivity contribution in [1.29, 1.82) is 0 Å². The molecule has 3 heteroatoms. The van der Waals surface area contributed by atoms with Gasteiger partial charge in [0.25, 0.3) is 0 Å². The van der Waals surface area contributed by atoms with E-state index >= 15 is 0 Å². The van der Waals surface area contributed by atoms with Crippen LogP contribution >= 0.6 is 0 Å². The third-order valence-corrected chi connectivity index (χ3v) is 2.27. The summed E-state index contributed by atoms with van der Waals surface area (Å²) in [6.07, 6.45) is 6.20. The minimum Gasteiger partial charge on any atom is -0.292 e. The molecule has 1 heterocycles. The SMILES string of the molecule is CCc1cnc(C(=O)C2CC2)cn1. The Morgan fingerprint density at radius 1 is 1.46 bits per heavy atom. The van der Waals surface area contributed by atoms with Gasteiger partial charge in [0.15, 0.2) is 5.78 Å². The van der Waals surface area contributed by atoms with Crippen molar-refractivity contribution >= 4 is 5.78 Å². The van der Waals surface area contributed by atoms with E-state index in [1.807, 2.05) is 6.92 Å². The molecule has 0 aliphatic heterocycles. The van der Waals surface area contributed by atoms with Gasteiger partial charge < -0.3 is 0 Å². The van der Waals surface area contributed by atoms with Gasteiger partial charge >= 0.3 is 0 Å². The van der Waals surface area contributed by atoms with Crippen molar-refractivity contribution in [1.82, 2.24) is 9.97 Å². The summed E-state index contributed by atoms with van der Waals surface area (Å²) in [5, 5.41) is 0. The second-order valence-corrected chi connectivity index (χ2v) is 3.39. The number of hydrogen-bond donors (Lipinski definition) is 0. The number of hydrogen-bond acceptors (Lipinski definition) is 3. The average Bonchev–Trinajstić information content (AvgIpc) is 3.00. The zero-order valence-electron chi connectivity index (χ0n) is 7.66. The fourth-order valence-electron chi connectivity index (χ4n) is 1.22. The second kappa shape index (κ2) is 3.24. The zero-order valence-corrected chi connectivity index (χ0v) is 7.66. The molecule has 1 aromatic rings. The summed E-state index contributed by atoms with van der Waals surface area (Å²) in [5.41, 5.74) is 1.46. The molecule has 0 saturated heterocycles. The second-order valence-electron chi connectivity index (χ2n) is 3.39. The lowest BCUT2D eigenvalue weighted by atomic mass is 10.2. The summed E-state index contributed by atoms with van der Waals surface area (Å²) in [5.74, 6) is 0.400. The molecule has 68 valence electrons. The van der Waals surface area contributed by atoms with Crippen LogP contribution in [0.15, 0.2) is 12.4 Å². The number of rotatable bonds is 3. The Kier molecular flexibility index (Phi) is 2.08. The highest BCUT2D eigenvalue weighted by Gasteiger charge is 2.31. The molecular weight excluding hydrogens is 164 g/mol. The summed E-state index contributed by atoms with van der Waals surface area (Å²) in [6, 6.07) is 0. The fraction of sp³-hybridized carbons (Fsp3) is 0.500. The van der Waals surface area contributed by atoms with Gasteiger partial charge in [-0.3, -0.25) is 9.78 Å². The topological polar surface area (TPSA) is 42.9 Å². The van der Waals surface area contributed by atoms with E-state index < -0.39 is 0 Å². The van der Waals surface area contributed by atoms with Gasteiger partial charge in [-0.15, -0.1) is 0 Å². The van der Waals surface area contributed by atoms with Crippen LogP contribution in [0.3, 0.4) is 0 Å². The molecule has 1 saturated carbocycles. The van der Waals surface area contributed by atoms with Crippen molar-refractivity contribution in [3.05, 3.63) is 23.8 Å². The smallest absolute Gasteiger partial charge is 0.185 e. The lowest BCUT2D eigenvalue weighted by molar-refractivity contribution is 0.0962. The van der Waals surface area contributed by atoms with E-state index in [9.17, 15) is 4.79 Å². The predicted octanol–water partition coefficient (Wildman–Crippen LogP) is 1.63. The Morgan fingerprint density at radius 2 is 2.23 bits per heavy atom. The van der Waals surface area contributed by atoms with Crippen LogP contribution in [0.25, 0.3) is 0 Å². The first kappa shape index (κ1) is 8.35. The Balaban J connectivity index is 2.16. The molecule has 1 aromatic heterocycles. The van der Waals surface area contributed by atoms with Crippen LogP contribution in [0, 0.1) is 5.92 Å². The van der Waals surface area contributed by atoms with E-state index in [-0.39, 0.29) is 11.7 Å². The monoisotopic (exact) mass is 176 g/mol. The third-order valence-electron chi connectivity index (χ3n) is 2.27. The average molecular weight is 176 g/mol. The molecule has 0 bridgehead atoms. The minimum atomic E-state index is 0.162. The van der Waals surface area contributed by atoms with E-state index in [2.05, 4.69) is 9.97 Å². The van der Waals surface area contributed by atoms with Crippen LogP contribution in [0.4, 0.5) is 0 Å². The number of ketones is 1. The highest BCUT2D eigenvalue weighted by Crippen LogP contribution is 2.31. The molecule has 13 heavy (non-hydrogen) atoms. The number of carbonyl (C=O) groups is 1. The first-order valence-electron chi connectivity index (χ1n) is 4.66. The van der Waals surface area contributed by atoms with Crippen molar-refractivity contribution in [2.24, 2.45) is 5.92 Å². The Hall–Kier alpha value is -1.25. The first-order chi connectivity index (χ1) is 6.31. The molecule has 0 unspecified atom stereocenters. The fourth-order valence-corrected chi connectivity index (χ4v) is 1.22. The molecule has 1 aliphatic carbocycles. The summed E-state index contributed by atoms with van der Waals surface area (Å²) in [4.78, 5) is 19.7. The normalized spacial score (nSPS) is 15.8. The van der Waals surface area contributed by atoms with Gasteiger partial charge in [-0.05, 0) is 19.3 Å². The molecule has 3 nitrogen and oxygen atoms in total. The van der Waals surface area contributed by atoms with Crippen LogP contribution < -0.4 is 0 Å². The van der Waals surface area contributed by atoms with Gasteiger partial charge in [0.1, 0.15) is 5.69 Å². The number of nitrogens with zero attached hydrogens (tertiary/aromatic N) is 2. The van der Waals surface area contributed by atoms with Gasteiger partial charge in [-0.25, -0.2) is 4.98 Å². The number of Topliss-reactive ketones (excluding diaryl/α,β-unsaturated/α-hetero) is 1. The third kappa shape index (κ3) is 1.74. The summed E-state index contributed by atoms with van der Waals surface area (Å²) in [7, 11) is 0. The van der Waals surface area contributed by atoms with Crippen LogP contribution in [0.1, 0.15) is 35.9 Å². The van der Waals surface area contributed by atoms with Crippen molar-refractivity contribution in [2.45, 2.75) is 26.2 Å². The lowest BCUT2D eigenvalue weighted by Crippen LogP contribution is -2.05. The Bertz CT molecular complexity index is 314.